The van der Waals surface area contributed by atoms with Crippen molar-refractivity contribution in [1.82, 2.24) is 9.80 Å². The Morgan fingerprint density at radius 2 is 1.88 bits per heavy atom. The summed E-state index contributed by atoms with van der Waals surface area (Å²) in [5.41, 5.74) is 1.31. The normalized spacial score (nSPS) is 18.5. The van der Waals surface area contributed by atoms with Crippen LogP contribution in [0, 0.1) is 17.2 Å². The van der Waals surface area contributed by atoms with Gasteiger partial charge in [-0.2, -0.15) is 5.26 Å². The van der Waals surface area contributed by atoms with Crippen molar-refractivity contribution in [2.45, 2.75) is 12.8 Å². The molecule has 2 aliphatic rings. The molecule has 1 amide bonds. The second kappa shape index (κ2) is 7.41. The first-order valence-corrected chi connectivity index (χ1v) is 8.38. The zero-order chi connectivity index (χ0) is 16.9. The SMILES string of the molecule is N#Cc1ccccc1/C=C/C(=O)N1CCN(CC(=O)C2CC2)CC1. The van der Waals surface area contributed by atoms with Gasteiger partial charge in [0.2, 0.25) is 5.91 Å². The number of nitriles is 1. The monoisotopic (exact) mass is 323 g/mol. The Bertz CT molecular complexity index is 693. The van der Waals surface area contributed by atoms with E-state index < -0.39 is 0 Å². The first-order valence-electron chi connectivity index (χ1n) is 8.38. The van der Waals surface area contributed by atoms with Crippen molar-refractivity contribution in [3.8, 4) is 6.07 Å². The van der Waals surface area contributed by atoms with Crippen LogP contribution < -0.4 is 0 Å². The van der Waals surface area contributed by atoms with E-state index in [1.165, 1.54) is 6.08 Å². The van der Waals surface area contributed by atoms with Crippen molar-refractivity contribution < 1.29 is 9.59 Å². The minimum absolute atomic E-state index is 0.0455. The summed E-state index contributed by atoms with van der Waals surface area (Å²) in [7, 11) is 0. The molecule has 0 atom stereocenters. The number of ketones is 1. The second-order valence-electron chi connectivity index (χ2n) is 6.37. The van der Waals surface area contributed by atoms with Crippen LogP contribution in [-0.4, -0.2) is 54.2 Å². The summed E-state index contributed by atoms with van der Waals surface area (Å²) in [6.07, 6.45) is 5.32. The zero-order valence-corrected chi connectivity index (χ0v) is 13.6. The van der Waals surface area contributed by atoms with Gasteiger partial charge < -0.3 is 4.90 Å². The third kappa shape index (κ3) is 4.09. The van der Waals surface area contributed by atoms with Gasteiger partial charge in [-0.1, -0.05) is 18.2 Å². The third-order valence-electron chi connectivity index (χ3n) is 4.58. The van der Waals surface area contributed by atoms with Gasteiger partial charge in [-0.15, -0.1) is 0 Å². The lowest BCUT2D eigenvalue weighted by molar-refractivity contribution is -0.128. The molecule has 0 spiro atoms. The molecular formula is C19H21N3O2. The first kappa shape index (κ1) is 16.4. The quantitative estimate of drug-likeness (QED) is 0.774. The van der Waals surface area contributed by atoms with Crippen molar-refractivity contribution in [3.63, 3.8) is 0 Å². The van der Waals surface area contributed by atoms with Crippen LogP contribution in [-0.2, 0) is 9.59 Å². The van der Waals surface area contributed by atoms with Crippen molar-refractivity contribution in [3.05, 3.63) is 41.5 Å². The van der Waals surface area contributed by atoms with Gasteiger partial charge in [0.1, 0.15) is 5.78 Å². The molecule has 124 valence electrons. The van der Waals surface area contributed by atoms with Crippen LogP contribution in [0.25, 0.3) is 6.08 Å². The van der Waals surface area contributed by atoms with Crippen LogP contribution in [0.5, 0.6) is 0 Å². The van der Waals surface area contributed by atoms with E-state index in [1.54, 1.807) is 23.1 Å². The predicted octanol–water partition coefficient (Wildman–Crippen LogP) is 1.69. The van der Waals surface area contributed by atoms with Crippen LogP contribution in [0.15, 0.2) is 30.3 Å². The molecule has 5 heteroatoms. The minimum Gasteiger partial charge on any atom is -0.337 e. The fourth-order valence-corrected chi connectivity index (χ4v) is 2.89. The summed E-state index contributed by atoms with van der Waals surface area (Å²) < 4.78 is 0. The molecule has 0 bridgehead atoms. The number of carbonyl (C=O) groups excluding carboxylic acids is 2. The summed E-state index contributed by atoms with van der Waals surface area (Å²) in [6, 6.07) is 9.33. The van der Waals surface area contributed by atoms with Crippen LogP contribution >= 0.6 is 0 Å². The van der Waals surface area contributed by atoms with Gasteiger partial charge in [0, 0.05) is 38.2 Å². The highest BCUT2D eigenvalue weighted by Gasteiger charge is 2.31. The molecule has 0 radical (unpaired) electrons. The van der Waals surface area contributed by atoms with Crippen LogP contribution in [0.3, 0.4) is 0 Å². The lowest BCUT2D eigenvalue weighted by Crippen LogP contribution is -2.49. The Kier molecular flexibility index (Phi) is 5.07. The van der Waals surface area contributed by atoms with E-state index in [0.29, 0.717) is 36.9 Å². The minimum atomic E-state index is -0.0455. The van der Waals surface area contributed by atoms with Crippen LogP contribution in [0.4, 0.5) is 0 Å². The van der Waals surface area contributed by atoms with Gasteiger partial charge in [0.15, 0.2) is 0 Å². The summed E-state index contributed by atoms with van der Waals surface area (Å²) in [6.45, 7) is 3.29. The number of piperazine rings is 1. The Labute approximate surface area is 142 Å². The van der Waals surface area contributed by atoms with E-state index in [-0.39, 0.29) is 5.91 Å². The number of Topliss-reactive ketones (excluding diaryl/α,β-unsaturated/α-hetero) is 1. The molecule has 3 rings (SSSR count). The van der Waals surface area contributed by atoms with E-state index in [9.17, 15) is 9.59 Å². The smallest absolute Gasteiger partial charge is 0.246 e. The lowest BCUT2D eigenvalue weighted by Gasteiger charge is -2.33. The van der Waals surface area contributed by atoms with Crippen LogP contribution in [0.2, 0.25) is 0 Å². The fraction of sp³-hybridized carbons (Fsp3) is 0.421. The van der Waals surface area contributed by atoms with E-state index in [2.05, 4.69) is 11.0 Å². The third-order valence-corrected chi connectivity index (χ3v) is 4.58. The summed E-state index contributed by atoms with van der Waals surface area (Å²) in [5.74, 6) is 0.603. The molecule has 0 N–H and O–H groups in total. The Hall–Kier alpha value is -2.45. The average Bonchev–Trinajstić information content (AvgIpc) is 3.45. The molecule has 0 unspecified atom stereocenters. The number of hydrogen-bond acceptors (Lipinski definition) is 4. The maximum absolute atomic E-state index is 12.3. The van der Waals surface area contributed by atoms with E-state index in [4.69, 9.17) is 5.26 Å². The molecule has 24 heavy (non-hydrogen) atoms. The van der Waals surface area contributed by atoms with Gasteiger partial charge in [-0.3, -0.25) is 14.5 Å². The van der Waals surface area contributed by atoms with Crippen LogP contribution in [0.1, 0.15) is 24.0 Å². The molecular weight excluding hydrogens is 302 g/mol. The molecule has 1 aliphatic carbocycles. The predicted molar refractivity (Wildman–Crippen MR) is 90.9 cm³/mol. The fourth-order valence-electron chi connectivity index (χ4n) is 2.89. The highest BCUT2D eigenvalue weighted by molar-refractivity contribution is 5.92. The number of carbonyl (C=O) groups is 2. The summed E-state index contributed by atoms with van der Waals surface area (Å²) >= 11 is 0. The molecule has 1 aromatic rings. The molecule has 2 fully saturated rings. The van der Waals surface area contributed by atoms with Gasteiger partial charge >= 0.3 is 0 Å². The van der Waals surface area contributed by atoms with Crippen molar-refractivity contribution in [1.29, 1.82) is 5.26 Å². The maximum atomic E-state index is 12.3. The van der Waals surface area contributed by atoms with Crippen molar-refractivity contribution in [2.24, 2.45) is 5.92 Å². The first-order chi connectivity index (χ1) is 11.7. The number of nitrogens with zero attached hydrogens (tertiary/aromatic N) is 3. The molecule has 1 heterocycles. The molecule has 1 aliphatic heterocycles. The summed E-state index contributed by atoms with van der Waals surface area (Å²) in [5, 5.41) is 9.06. The molecule has 1 saturated heterocycles. The average molecular weight is 323 g/mol. The highest BCUT2D eigenvalue weighted by atomic mass is 16.2. The van der Waals surface area contributed by atoms with E-state index in [0.717, 1.165) is 31.5 Å². The number of hydrogen-bond donors (Lipinski definition) is 0. The van der Waals surface area contributed by atoms with Gasteiger partial charge in [0.05, 0.1) is 18.2 Å². The number of rotatable bonds is 5. The number of benzene rings is 1. The Balaban J connectivity index is 1.50. The standard InChI is InChI=1S/C19H21N3O2/c20-13-17-4-2-1-3-15(17)7-8-19(24)22-11-9-21(10-12-22)14-18(23)16-5-6-16/h1-4,7-8,16H,5-6,9-12,14H2/b8-7+. The maximum Gasteiger partial charge on any atom is 0.246 e. The van der Waals surface area contributed by atoms with Crippen molar-refractivity contribution >= 4 is 17.8 Å². The largest absolute Gasteiger partial charge is 0.337 e. The number of amides is 1. The molecule has 1 aromatic carbocycles. The Morgan fingerprint density at radius 3 is 2.54 bits per heavy atom. The van der Waals surface area contributed by atoms with Gasteiger partial charge in [-0.25, -0.2) is 0 Å². The topological polar surface area (TPSA) is 64.4 Å². The molecule has 5 nitrogen and oxygen atoms in total. The lowest BCUT2D eigenvalue weighted by atomic mass is 10.1. The Morgan fingerprint density at radius 1 is 1.17 bits per heavy atom. The van der Waals surface area contributed by atoms with Crippen molar-refractivity contribution in [2.75, 3.05) is 32.7 Å². The summed E-state index contributed by atoms with van der Waals surface area (Å²) in [4.78, 5) is 28.1. The second-order valence-corrected chi connectivity index (χ2v) is 6.37. The molecule has 0 aromatic heterocycles. The van der Waals surface area contributed by atoms with E-state index >= 15 is 0 Å². The van der Waals surface area contributed by atoms with Gasteiger partial charge in [0.25, 0.3) is 0 Å². The van der Waals surface area contributed by atoms with Gasteiger partial charge in [-0.05, 0) is 30.5 Å². The van der Waals surface area contributed by atoms with E-state index in [1.807, 2.05) is 12.1 Å². The highest BCUT2D eigenvalue weighted by Crippen LogP contribution is 2.30. The zero-order valence-electron chi connectivity index (χ0n) is 13.6. The molecule has 1 saturated carbocycles.